The average Bonchev–Trinajstić information content (AvgIpc) is 3.19. The summed E-state index contributed by atoms with van der Waals surface area (Å²) in [5, 5.41) is 0. The number of anilines is 6. The monoisotopic (exact) mass is 742 g/mol. The zero-order chi connectivity index (χ0) is 39.6. The molecule has 282 valence electrons. The van der Waals surface area contributed by atoms with Crippen molar-refractivity contribution in [3.63, 3.8) is 0 Å². The molecule has 7 aromatic carbocycles. The number of benzene rings is 7. The van der Waals surface area contributed by atoms with Crippen LogP contribution in [-0.2, 0) is 10.8 Å². The first kappa shape index (κ1) is 37.1. The summed E-state index contributed by atoms with van der Waals surface area (Å²) >= 11 is 0. The lowest BCUT2D eigenvalue weighted by Crippen LogP contribution is -2.26. The number of hydrogen-bond donors (Lipinski definition) is 6. The number of ether oxygens (including phenoxy) is 3. The quantitative estimate of drug-likeness (QED) is 0.0554. The van der Waals surface area contributed by atoms with Gasteiger partial charge in [0.2, 0.25) is 0 Å². The van der Waals surface area contributed by atoms with Gasteiger partial charge in [-0.05, 0) is 126 Å². The van der Waals surface area contributed by atoms with E-state index in [0.29, 0.717) is 68.6 Å². The molecule has 0 aliphatic rings. The molecule has 0 aliphatic heterocycles. The van der Waals surface area contributed by atoms with Crippen LogP contribution in [0.25, 0.3) is 0 Å². The Labute approximate surface area is 327 Å². The highest BCUT2D eigenvalue weighted by atomic mass is 16.5. The van der Waals surface area contributed by atoms with Gasteiger partial charge in [0.15, 0.2) is 0 Å². The molecule has 0 spiro atoms. The first-order valence-electron chi connectivity index (χ1n) is 18.2. The van der Waals surface area contributed by atoms with Crippen molar-refractivity contribution in [2.45, 2.75) is 31.6 Å². The molecule has 0 aliphatic carbocycles. The van der Waals surface area contributed by atoms with Gasteiger partial charge in [-0.2, -0.15) is 0 Å². The Morgan fingerprint density at radius 2 is 0.571 bits per heavy atom. The fourth-order valence-corrected chi connectivity index (χ4v) is 6.90. The fourth-order valence-electron chi connectivity index (χ4n) is 6.90. The molecule has 9 heteroatoms. The van der Waals surface area contributed by atoms with Gasteiger partial charge in [-0.1, -0.05) is 74.5 Å². The molecular formula is C47H46N6O3. The lowest BCUT2D eigenvalue weighted by atomic mass is 9.70. The summed E-state index contributed by atoms with van der Waals surface area (Å²) < 4.78 is 18.3. The second-order valence-corrected chi connectivity index (χ2v) is 14.6. The van der Waals surface area contributed by atoms with E-state index >= 15 is 0 Å². The van der Waals surface area contributed by atoms with Gasteiger partial charge in [0.05, 0.1) is 17.1 Å². The van der Waals surface area contributed by atoms with Crippen molar-refractivity contribution in [1.29, 1.82) is 0 Å². The van der Waals surface area contributed by atoms with E-state index in [-0.39, 0.29) is 5.41 Å². The van der Waals surface area contributed by atoms with E-state index in [9.17, 15) is 0 Å². The van der Waals surface area contributed by atoms with Crippen molar-refractivity contribution < 1.29 is 14.2 Å². The minimum Gasteiger partial charge on any atom is -0.455 e. The maximum atomic E-state index is 6.18. The summed E-state index contributed by atoms with van der Waals surface area (Å²) in [7, 11) is 0. The van der Waals surface area contributed by atoms with Crippen LogP contribution in [0.5, 0.6) is 34.5 Å². The molecule has 0 atom stereocenters. The van der Waals surface area contributed by atoms with Crippen LogP contribution in [-0.4, -0.2) is 0 Å². The molecule has 0 bridgehead atoms. The third kappa shape index (κ3) is 7.56. The molecule has 0 saturated carbocycles. The Kier molecular flexibility index (Phi) is 9.85. The van der Waals surface area contributed by atoms with Crippen LogP contribution in [0.3, 0.4) is 0 Å². The zero-order valence-electron chi connectivity index (χ0n) is 31.6. The predicted octanol–water partition coefficient (Wildman–Crippen LogP) is 10.2. The van der Waals surface area contributed by atoms with Crippen LogP contribution in [0.2, 0.25) is 0 Å². The highest BCUT2D eigenvalue weighted by Crippen LogP contribution is 2.43. The van der Waals surface area contributed by atoms with Gasteiger partial charge < -0.3 is 48.6 Å². The molecule has 7 aromatic rings. The normalized spacial score (nSPS) is 11.6. The first-order valence-corrected chi connectivity index (χ1v) is 18.2. The second-order valence-electron chi connectivity index (χ2n) is 14.6. The summed E-state index contributed by atoms with van der Waals surface area (Å²) in [6, 6.07) is 48.8. The Bertz CT molecular complexity index is 2380. The SMILES string of the molecule is CC(C)(c1ccc(Oc2ccc(N)cc2N)cc1)c1ccc(C(C)(c2ccc(Oc3ccc(N)cc3N)cc2)c2ccc(Oc3ccc(N)cc3N)cc2)cc1. The van der Waals surface area contributed by atoms with Crippen LogP contribution in [0.15, 0.2) is 152 Å². The lowest BCUT2D eigenvalue weighted by Gasteiger charge is -2.33. The molecule has 0 aromatic heterocycles. The summed E-state index contributed by atoms with van der Waals surface area (Å²) in [5.74, 6) is 3.64. The van der Waals surface area contributed by atoms with Gasteiger partial charge in [0.25, 0.3) is 0 Å². The predicted molar refractivity (Wildman–Crippen MR) is 229 cm³/mol. The molecule has 0 amide bonds. The molecule has 7 rings (SSSR count). The molecule has 9 nitrogen and oxygen atoms in total. The molecule has 12 N–H and O–H groups in total. The van der Waals surface area contributed by atoms with E-state index in [2.05, 4.69) is 81.4 Å². The number of rotatable bonds is 11. The Morgan fingerprint density at radius 1 is 0.321 bits per heavy atom. The summed E-state index contributed by atoms with van der Waals surface area (Å²) in [4.78, 5) is 0. The lowest BCUT2D eigenvalue weighted by molar-refractivity contribution is 0.483. The van der Waals surface area contributed by atoms with Crippen molar-refractivity contribution in [2.75, 3.05) is 34.4 Å². The van der Waals surface area contributed by atoms with Crippen LogP contribution in [0.1, 0.15) is 48.6 Å². The maximum absolute atomic E-state index is 6.18. The molecule has 0 heterocycles. The Hall–Kier alpha value is -7.26. The van der Waals surface area contributed by atoms with Gasteiger partial charge in [0, 0.05) is 27.9 Å². The standard InChI is InChI=1S/C47H46N6O3/c1-46(2,30-8-17-37(18-9-30)54-43-23-14-34(48)26-40(43)51)29-4-6-31(7-5-29)47(3,32-10-19-38(20-11-32)55-44-24-15-35(49)27-41(44)52)33-12-21-39(22-13-33)56-45-25-16-36(50)28-42(45)53/h4-28H,48-53H2,1-3H3. The summed E-state index contributed by atoms with van der Waals surface area (Å²) in [6.07, 6.45) is 0. The number of nitrogen functional groups attached to an aromatic ring is 6. The average molecular weight is 743 g/mol. The van der Waals surface area contributed by atoms with E-state index < -0.39 is 5.41 Å². The Morgan fingerprint density at radius 3 is 0.857 bits per heavy atom. The largest absolute Gasteiger partial charge is 0.455 e. The molecular weight excluding hydrogens is 697 g/mol. The highest BCUT2D eigenvalue weighted by Gasteiger charge is 2.32. The van der Waals surface area contributed by atoms with Crippen molar-refractivity contribution in [3.8, 4) is 34.5 Å². The molecule has 0 saturated heterocycles. The maximum Gasteiger partial charge on any atom is 0.150 e. The van der Waals surface area contributed by atoms with Crippen LogP contribution < -0.4 is 48.6 Å². The topological polar surface area (TPSA) is 184 Å². The van der Waals surface area contributed by atoms with Gasteiger partial charge in [-0.3, -0.25) is 0 Å². The van der Waals surface area contributed by atoms with Gasteiger partial charge >= 0.3 is 0 Å². The molecule has 56 heavy (non-hydrogen) atoms. The van der Waals surface area contributed by atoms with Gasteiger partial charge in [-0.15, -0.1) is 0 Å². The highest BCUT2D eigenvalue weighted by molar-refractivity contribution is 5.64. The van der Waals surface area contributed by atoms with E-state index in [1.807, 2.05) is 36.4 Å². The minimum atomic E-state index is -0.566. The van der Waals surface area contributed by atoms with Crippen molar-refractivity contribution in [2.24, 2.45) is 0 Å². The smallest absolute Gasteiger partial charge is 0.150 e. The van der Waals surface area contributed by atoms with Crippen LogP contribution in [0, 0.1) is 0 Å². The third-order valence-electron chi connectivity index (χ3n) is 10.4. The summed E-state index contributed by atoms with van der Waals surface area (Å²) in [5.41, 5.74) is 44.0. The van der Waals surface area contributed by atoms with Gasteiger partial charge in [-0.25, -0.2) is 0 Å². The zero-order valence-corrected chi connectivity index (χ0v) is 31.6. The van der Waals surface area contributed by atoms with Crippen LogP contribution in [0.4, 0.5) is 34.1 Å². The van der Waals surface area contributed by atoms with Crippen molar-refractivity contribution >= 4 is 34.1 Å². The van der Waals surface area contributed by atoms with E-state index in [1.54, 1.807) is 54.6 Å². The van der Waals surface area contributed by atoms with Crippen LogP contribution >= 0.6 is 0 Å². The molecule has 0 fully saturated rings. The Balaban J connectivity index is 1.19. The van der Waals surface area contributed by atoms with Crippen molar-refractivity contribution in [1.82, 2.24) is 0 Å². The molecule has 0 unspecified atom stereocenters. The minimum absolute atomic E-state index is 0.306. The number of hydrogen-bond acceptors (Lipinski definition) is 9. The second kappa shape index (κ2) is 14.9. The first-order chi connectivity index (χ1) is 26.8. The van der Waals surface area contributed by atoms with E-state index in [1.165, 1.54) is 0 Å². The molecule has 0 radical (unpaired) electrons. The van der Waals surface area contributed by atoms with Crippen molar-refractivity contribution in [3.05, 3.63) is 179 Å². The van der Waals surface area contributed by atoms with E-state index in [0.717, 1.165) is 27.8 Å². The third-order valence-corrected chi connectivity index (χ3v) is 10.4. The van der Waals surface area contributed by atoms with E-state index in [4.69, 9.17) is 48.6 Å². The fraction of sp³-hybridized carbons (Fsp3) is 0.106. The summed E-state index contributed by atoms with van der Waals surface area (Å²) in [6.45, 7) is 6.66. The number of nitrogens with two attached hydrogens (primary N) is 6. The van der Waals surface area contributed by atoms with Gasteiger partial charge in [0.1, 0.15) is 34.5 Å².